The maximum absolute atomic E-state index is 13.2. The first-order chi connectivity index (χ1) is 18.9. The summed E-state index contributed by atoms with van der Waals surface area (Å²) < 4.78 is 84.4. The van der Waals surface area contributed by atoms with Gasteiger partial charge in [-0.15, -0.1) is 0 Å². The van der Waals surface area contributed by atoms with Crippen LogP contribution in [-0.2, 0) is 12.4 Å². The number of piperazine rings is 1. The van der Waals surface area contributed by atoms with Gasteiger partial charge in [-0.3, -0.25) is 4.90 Å². The van der Waals surface area contributed by atoms with Gasteiger partial charge >= 0.3 is 18.4 Å². The van der Waals surface area contributed by atoms with Crippen LogP contribution in [0.3, 0.4) is 0 Å². The molecule has 3 aromatic rings. The highest BCUT2D eigenvalue weighted by molar-refractivity contribution is 5.89. The van der Waals surface area contributed by atoms with E-state index in [9.17, 15) is 31.1 Å². The van der Waals surface area contributed by atoms with Crippen LogP contribution in [0.25, 0.3) is 0 Å². The number of nitrogens with zero attached hydrogens (tertiary/aromatic N) is 2. The van der Waals surface area contributed by atoms with Crippen molar-refractivity contribution >= 4 is 17.4 Å². The average molecular weight is 567 g/mol. The normalized spacial score (nSPS) is 15.4. The SMILES string of the molecule is COc1cccc(N2CCN(C(CNC(=O)Nc3cc(C(F)(F)F)cc(C(F)(F)F)c3)c3ccccc3)CC2)c1. The molecule has 214 valence electrons. The number of nitrogens with one attached hydrogen (secondary N) is 2. The minimum absolute atomic E-state index is 0.0136. The van der Waals surface area contributed by atoms with Crippen molar-refractivity contribution in [2.24, 2.45) is 0 Å². The smallest absolute Gasteiger partial charge is 0.416 e. The molecule has 3 aromatic carbocycles. The first-order valence-corrected chi connectivity index (χ1v) is 12.5. The predicted octanol–water partition coefficient (Wildman–Crippen LogP) is 6.42. The van der Waals surface area contributed by atoms with Gasteiger partial charge in [0.15, 0.2) is 0 Å². The summed E-state index contributed by atoms with van der Waals surface area (Å²) in [4.78, 5) is 17.0. The highest BCUT2D eigenvalue weighted by Gasteiger charge is 2.37. The number of alkyl halides is 6. The van der Waals surface area contributed by atoms with E-state index in [-0.39, 0.29) is 18.7 Å². The van der Waals surface area contributed by atoms with Gasteiger partial charge in [-0.2, -0.15) is 26.3 Å². The molecule has 2 amide bonds. The predicted molar refractivity (Wildman–Crippen MR) is 139 cm³/mol. The number of halogens is 6. The van der Waals surface area contributed by atoms with Crippen molar-refractivity contribution in [2.45, 2.75) is 18.4 Å². The molecule has 1 saturated heterocycles. The van der Waals surface area contributed by atoms with Crippen molar-refractivity contribution in [3.8, 4) is 5.75 Å². The van der Waals surface area contributed by atoms with Gasteiger partial charge < -0.3 is 20.3 Å². The van der Waals surface area contributed by atoms with Crippen molar-refractivity contribution in [1.29, 1.82) is 0 Å². The maximum Gasteiger partial charge on any atom is 0.416 e. The highest BCUT2D eigenvalue weighted by Crippen LogP contribution is 2.37. The molecule has 1 fully saturated rings. The minimum Gasteiger partial charge on any atom is -0.497 e. The lowest BCUT2D eigenvalue weighted by Crippen LogP contribution is -2.50. The van der Waals surface area contributed by atoms with Gasteiger partial charge in [0.2, 0.25) is 0 Å². The first kappa shape index (κ1) is 29.1. The molecule has 0 saturated carbocycles. The lowest BCUT2D eigenvalue weighted by Gasteiger charge is -2.40. The molecule has 0 bridgehead atoms. The number of amides is 2. The van der Waals surface area contributed by atoms with E-state index in [4.69, 9.17) is 4.74 Å². The molecule has 1 unspecified atom stereocenters. The summed E-state index contributed by atoms with van der Waals surface area (Å²) in [5.41, 5.74) is -1.69. The number of carbonyl (C=O) groups is 1. The maximum atomic E-state index is 13.2. The number of rotatable bonds is 7. The standard InChI is InChI=1S/C28H28F6N4O2/c1-40-24-9-5-8-23(17-24)37-10-12-38(13-11-37)25(19-6-3-2-4-7-19)18-35-26(39)36-22-15-20(27(29,30)31)14-21(16-22)28(32,33)34/h2-9,14-17,25H,10-13,18H2,1H3,(H2,35,36,39). The van der Waals surface area contributed by atoms with Crippen LogP contribution in [0.15, 0.2) is 72.8 Å². The van der Waals surface area contributed by atoms with Crippen LogP contribution in [0.1, 0.15) is 22.7 Å². The van der Waals surface area contributed by atoms with Crippen molar-refractivity contribution in [3.63, 3.8) is 0 Å². The molecule has 0 spiro atoms. The Balaban J connectivity index is 1.45. The van der Waals surface area contributed by atoms with Gasteiger partial charge in [-0.1, -0.05) is 36.4 Å². The van der Waals surface area contributed by atoms with Crippen LogP contribution < -0.4 is 20.3 Å². The number of benzene rings is 3. The van der Waals surface area contributed by atoms with E-state index in [1.807, 2.05) is 54.6 Å². The van der Waals surface area contributed by atoms with E-state index in [0.717, 1.165) is 17.0 Å². The van der Waals surface area contributed by atoms with E-state index in [0.29, 0.717) is 38.3 Å². The van der Waals surface area contributed by atoms with Crippen molar-refractivity contribution in [3.05, 3.63) is 89.5 Å². The summed E-state index contributed by atoms with van der Waals surface area (Å²) in [6.07, 6.45) is -10.0. The van der Waals surface area contributed by atoms with Gasteiger partial charge in [-0.25, -0.2) is 4.79 Å². The van der Waals surface area contributed by atoms with E-state index in [1.165, 1.54) is 0 Å². The molecular weight excluding hydrogens is 538 g/mol. The summed E-state index contributed by atoms with van der Waals surface area (Å²) in [6.45, 7) is 2.80. The average Bonchev–Trinajstić information content (AvgIpc) is 2.93. The lowest BCUT2D eigenvalue weighted by molar-refractivity contribution is -0.143. The Bertz CT molecular complexity index is 1260. The fourth-order valence-corrected chi connectivity index (χ4v) is 4.62. The van der Waals surface area contributed by atoms with Crippen LogP contribution in [0.2, 0.25) is 0 Å². The van der Waals surface area contributed by atoms with Crippen molar-refractivity contribution in [1.82, 2.24) is 10.2 Å². The molecule has 4 rings (SSSR count). The fourth-order valence-electron chi connectivity index (χ4n) is 4.62. The number of ether oxygens (including phenoxy) is 1. The number of hydrogen-bond acceptors (Lipinski definition) is 4. The zero-order valence-corrected chi connectivity index (χ0v) is 21.5. The summed E-state index contributed by atoms with van der Waals surface area (Å²) in [6, 6.07) is 16.9. The van der Waals surface area contributed by atoms with E-state index in [2.05, 4.69) is 20.4 Å². The number of carbonyl (C=O) groups excluding carboxylic acids is 1. The third-order valence-electron chi connectivity index (χ3n) is 6.66. The summed E-state index contributed by atoms with van der Waals surface area (Å²) in [7, 11) is 1.60. The van der Waals surface area contributed by atoms with Crippen LogP contribution in [0.5, 0.6) is 5.75 Å². The molecular formula is C28H28F6N4O2. The van der Waals surface area contributed by atoms with E-state index >= 15 is 0 Å². The Morgan fingerprint density at radius 2 is 1.48 bits per heavy atom. The first-order valence-electron chi connectivity index (χ1n) is 12.5. The summed E-state index contributed by atoms with van der Waals surface area (Å²) >= 11 is 0. The van der Waals surface area contributed by atoms with Gasteiger partial charge in [0, 0.05) is 50.2 Å². The third-order valence-corrected chi connectivity index (χ3v) is 6.66. The molecule has 2 N–H and O–H groups in total. The number of anilines is 2. The summed E-state index contributed by atoms with van der Waals surface area (Å²) in [5, 5.41) is 4.74. The quantitative estimate of drug-likeness (QED) is 0.324. The van der Waals surface area contributed by atoms with Crippen LogP contribution in [0, 0.1) is 0 Å². The minimum atomic E-state index is -5.01. The Kier molecular flexibility index (Phi) is 8.77. The Morgan fingerprint density at radius 3 is 2.05 bits per heavy atom. The van der Waals surface area contributed by atoms with Crippen molar-refractivity contribution in [2.75, 3.05) is 50.1 Å². The zero-order valence-electron chi connectivity index (χ0n) is 21.5. The van der Waals surface area contributed by atoms with Gasteiger partial charge in [0.05, 0.1) is 24.3 Å². The van der Waals surface area contributed by atoms with Gasteiger partial charge in [0.25, 0.3) is 0 Å². The summed E-state index contributed by atoms with van der Waals surface area (Å²) in [5.74, 6) is 0.750. The molecule has 40 heavy (non-hydrogen) atoms. The highest BCUT2D eigenvalue weighted by atomic mass is 19.4. The molecule has 1 heterocycles. The second-order valence-corrected chi connectivity index (χ2v) is 9.28. The van der Waals surface area contributed by atoms with Gasteiger partial charge in [0.1, 0.15) is 5.75 Å². The van der Waals surface area contributed by atoms with Crippen LogP contribution in [-0.4, -0.2) is 50.8 Å². The molecule has 12 heteroatoms. The van der Waals surface area contributed by atoms with Crippen LogP contribution >= 0.6 is 0 Å². The molecule has 0 aliphatic carbocycles. The Morgan fingerprint density at radius 1 is 0.850 bits per heavy atom. The zero-order chi connectivity index (χ0) is 28.9. The van der Waals surface area contributed by atoms with E-state index in [1.54, 1.807) is 7.11 Å². The molecule has 0 radical (unpaired) electrons. The van der Waals surface area contributed by atoms with Crippen LogP contribution in [0.4, 0.5) is 42.5 Å². The lowest BCUT2D eigenvalue weighted by atomic mass is 10.0. The fraction of sp³-hybridized carbons (Fsp3) is 0.321. The second-order valence-electron chi connectivity index (χ2n) is 9.28. The number of urea groups is 1. The monoisotopic (exact) mass is 566 g/mol. The third kappa shape index (κ3) is 7.38. The Hall–Kier alpha value is -3.93. The number of hydrogen-bond donors (Lipinski definition) is 2. The molecule has 1 aliphatic heterocycles. The molecule has 6 nitrogen and oxygen atoms in total. The molecule has 1 aliphatic rings. The second kappa shape index (κ2) is 12.1. The van der Waals surface area contributed by atoms with Gasteiger partial charge in [-0.05, 0) is 35.9 Å². The van der Waals surface area contributed by atoms with E-state index < -0.39 is 35.2 Å². The molecule has 0 aromatic heterocycles. The number of methoxy groups -OCH3 is 1. The Labute approximate surface area is 227 Å². The van der Waals surface area contributed by atoms with Crippen molar-refractivity contribution < 1.29 is 35.9 Å². The topological polar surface area (TPSA) is 56.8 Å². The molecule has 1 atom stereocenters. The largest absolute Gasteiger partial charge is 0.497 e.